The minimum Gasteiger partial charge on any atom is -0.335 e. The summed E-state index contributed by atoms with van der Waals surface area (Å²) in [6.45, 7) is 0. The molecule has 0 aliphatic heterocycles. The molecule has 0 amide bonds. The largest absolute Gasteiger partial charge is 0.335 e. The first-order valence-electron chi connectivity index (χ1n) is 5.91. The minimum absolute atomic E-state index is 0.243. The zero-order valence-corrected chi connectivity index (χ0v) is 11.0. The summed E-state index contributed by atoms with van der Waals surface area (Å²) >= 11 is 5.93. The molecule has 100 valence electrons. The Morgan fingerprint density at radius 3 is 2.40 bits per heavy atom. The Bertz CT molecular complexity index is 770. The van der Waals surface area contributed by atoms with Crippen molar-refractivity contribution in [1.82, 2.24) is 4.98 Å². The summed E-state index contributed by atoms with van der Waals surface area (Å²) in [7, 11) is 0. The van der Waals surface area contributed by atoms with Gasteiger partial charge in [-0.25, -0.2) is 13.8 Å². The van der Waals surface area contributed by atoms with Crippen LogP contribution in [0.15, 0.2) is 48.5 Å². The van der Waals surface area contributed by atoms with E-state index in [2.05, 4.69) is 10.3 Å². The van der Waals surface area contributed by atoms with Gasteiger partial charge in [-0.3, -0.25) is 0 Å². The van der Waals surface area contributed by atoms with Crippen LogP contribution in [0.2, 0.25) is 5.15 Å². The van der Waals surface area contributed by atoms with Gasteiger partial charge in [0.1, 0.15) is 28.3 Å². The number of para-hydroxylation sites is 1. The van der Waals surface area contributed by atoms with Crippen molar-refractivity contribution in [2.75, 3.05) is 5.32 Å². The molecule has 1 aromatic heterocycles. The van der Waals surface area contributed by atoms with E-state index in [9.17, 15) is 8.78 Å². The highest BCUT2D eigenvalue weighted by Gasteiger charge is 2.11. The van der Waals surface area contributed by atoms with E-state index < -0.39 is 11.6 Å². The molecule has 1 N–H and O–H groups in total. The van der Waals surface area contributed by atoms with Gasteiger partial charge in [0.05, 0.1) is 0 Å². The van der Waals surface area contributed by atoms with Gasteiger partial charge in [-0.05, 0) is 23.6 Å². The number of nitrogens with zero attached hydrogens (tertiary/aromatic N) is 1. The maximum Gasteiger partial charge on any atom is 0.149 e. The Hall–Kier alpha value is -2.20. The number of fused-ring (bicyclic) bond motifs is 1. The number of rotatable bonds is 2. The topological polar surface area (TPSA) is 24.9 Å². The lowest BCUT2D eigenvalue weighted by Gasteiger charge is -2.11. The molecule has 0 saturated carbocycles. The van der Waals surface area contributed by atoms with Crippen molar-refractivity contribution in [2.45, 2.75) is 0 Å². The molecule has 3 rings (SSSR count). The van der Waals surface area contributed by atoms with Crippen LogP contribution in [0, 0.1) is 11.6 Å². The van der Waals surface area contributed by atoms with Crippen LogP contribution >= 0.6 is 11.6 Å². The van der Waals surface area contributed by atoms with Gasteiger partial charge < -0.3 is 5.32 Å². The fourth-order valence-corrected chi connectivity index (χ4v) is 2.20. The molecular formula is C15H9ClF2N2. The summed E-state index contributed by atoms with van der Waals surface area (Å²) in [4.78, 5) is 4.10. The summed E-state index contributed by atoms with van der Waals surface area (Å²) in [5, 5.41) is 4.51. The molecule has 0 atom stereocenters. The van der Waals surface area contributed by atoms with Crippen LogP contribution in [0.25, 0.3) is 10.8 Å². The number of nitrogens with one attached hydrogen (secondary N) is 1. The van der Waals surface area contributed by atoms with Crippen LogP contribution in [0.4, 0.5) is 20.3 Å². The standard InChI is InChI=1S/C15H9ClF2N2/c16-13-8-9-4-1-2-5-10(9)15(19-13)20-14-11(17)6-3-7-12(14)18/h1-8H,(H,19,20). The highest BCUT2D eigenvalue weighted by molar-refractivity contribution is 6.30. The highest BCUT2D eigenvalue weighted by Crippen LogP contribution is 2.29. The van der Waals surface area contributed by atoms with Crippen molar-refractivity contribution in [3.63, 3.8) is 0 Å². The quantitative estimate of drug-likeness (QED) is 0.678. The zero-order valence-electron chi connectivity index (χ0n) is 10.2. The molecule has 1 heterocycles. The monoisotopic (exact) mass is 290 g/mol. The van der Waals surface area contributed by atoms with E-state index in [1.54, 1.807) is 12.1 Å². The van der Waals surface area contributed by atoms with Crippen molar-refractivity contribution < 1.29 is 8.78 Å². The van der Waals surface area contributed by atoms with E-state index in [1.807, 2.05) is 18.2 Å². The fourth-order valence-electron chi connectivity index (χ4n) is 2.00. The molecule has 0 unspecified atom stereocenters. The SMILES string of the molecule is Fc1cccc(F)c1Nc1nc(Cl)cc2ccccc12. The molecule has 20 heavy (non-hydrogen) atoms. The third-order valence-electron chi connectivity index (χ3n) is 2.92. The number of aromatic nitrogens is 1. The predicted octanol–water partition coefficient (Wildman–Crippen LogP) is 4.91. The Labute approximate surface area is 119 Å². The Kier molecular flexibility index (Phi) is 3.24. The molecule has 2 aromatic carbocycles. The van der Waals surface area contributed by atoms with Gasteiger partial charge in [-0.15, -0.1) is 0 Å². The molecule has 0 spiro atoms. The van der Waals surface area contributed by atoms with Gasteiger partial charge >= 0.3 is 0 Å². The minimum atomic E-state index is -0.684. The molecule has 2 nitrogen and oxygen atoms in total. The number of hydrogen-bond acceptors (Lipinski definition) is 2. The summed E-state index contributed by atoms with van der Waals surface area (Å²) in [6.07, 6.45) is 0. The maximum absolute atomic E-state index is 13.7. The van der Waals surface area contributed by atoms with Crippen molar-refractivity contribution in [3.8, 4) is 0 Å². The Balaban J connectivity index is 2.16. The number of hydrogen-bond donors (Lipinski definition) is 1. The molecule has 0 aliphatic rings. The number of pyridine rings is 1. The van der Waals surface area contributed by atoms with Gasteiger partial charge in [0.15, 0.2) is 0 Å². The van der Waals surface area contributed by atoms with E-state index in [-0.39, 0.29) is 10.8 Å². The van der Waals surface area contributed by atoms with Crippen LogP contribution in [0.3, 0.4) is 0 Å². The average Bonchev–Trinajstić information content (AvgIpc) is 2.42. The molecule has 0 radical (unpaired) electrons. The lowest BCUT2D eigenvalue weighted by Crippen LogP contribution is -2.00. The van der Waals surface area contributed by atoms with E-state index in [0.29, 0.717) is 5.82 Å². The van der Waals surface area contributed by atoms with Crippen LogP contribution in [-0.2, 0) is 0 Å². The second-order valence-corrected chi connectivity index (χ2v) is 4.62. The van der Waals surface area contributed by atoms with Gasteiger partial charge in [-0.1, -0.05) is 41.9 Å². The lowest BCUT2D eigenvalue weighted by atomic mass is 10.1. The van der Waals surface area contributed by atoms with E-state index in [0.717, 1.165) is 10.8 Å². The third kappa shape index (κ3) is 2.30. The van der Waals surface area contributed by atoms with Crippen molar-refractivity contribution in [2.24, 2.45) is 0 Å². The Morgan fingerprint density at radius 2 is 1.65 bits per heavy atom. The van der Waals surface area contributed by atoms with Crippen LogP contribution in [0.1, 0.15) is 0 Å². The fraction of sp³-hybridized carbons (Fsp3) is 0. The third-order valence-corrected chi connectivity index (χ3v) is 3.11. The van der Waals surface area contributed by atoms with Gasteiger partial charge in [0, 0.05) is 5.39 Å². The van der Waals surface area contributed by atoms with Crippen LogP contribution in [-0.4, -0.2) is 4.98 Å². The molecule has 3 aromatic rings. The van der Waals surface area contributed by atoms with E-state index in [4.69, 9.17) is 11.6 Å². The Morgan fingerprint density at radius 1 is 0.950 bits per heavy atom. The summed E-state index contributed by atoms with van der Waals surface area (Å²) in [5.41, 5.74) is -0.243. The normalized spacial score (nSPS) is 10.8. The summed E-state index contributed by atoms with van der Waals surface area (Å²) < 4.78 is 27.3. The smallest absolute Gasteiger partial charge is 0.149 e. The molecule has 0 bridgehead atoms. The molecule has 5 heteroatoms. The van der Waals surface area contributed by atoms with Gasteiger partial charge in [0.25, 0.3) is 0 Å². The van der Waals surface area contributed by atoms with Gasteiger partial charge in [0.2, 0.25) is 0 Å². The molecular weight excluding hydrogens is 282 g/mol. The molecule has 0 saturated heterocycles. The summed E-state index contributed by atoms with van der Waals surface area (Å²) in [5.74, 6) is -1.05. The summed E-state index contributed by atoms with van der Waals surface area (Å²) in [6, 6.07) is 12.7. The zero-order chi connectivity index (χ0) is 14.1. The molecule has 0 aliphatic carbocycles. The number of anilines is 2. The van der Waals surface area contributed by atoms with Crippen molar-refractivity contribution in [1.29, 1.82) is 0 Å². The highest BCUT2D eigenvalue weighted by atomic mass is 35.5. The second kappa shape index (κ2) is 5.06. The van der Waals surface area contributed by atoms with Crippen LogP contribution in [0.5, 0.6) is 0 Å². The average molecular weight is 291 g/mol. The first kappa shape index (κ1) is 12.8. The van der Waals surface area contributed by atoms with E-state index in [1.165, 1.54) is 18.2 Å². The van der Waals surface area contributed by atoms with Crippen molar-refractivity contribution in [3.05, 3.63) is 65.3 Å². The number of halogens is 3. The predicted molar refractivity (Wildman–Crippen MR) is 76.4 cm³/mol. The van der Waals surface area contributed by atoms with Crippen LogP contribution < -0.4 is 5.32 Å². The van der Waals surface area contributed by atoms with E-state index >= 15 is 0 Å². The van der Waals surface area contributed by atoms with Crippen molar-refractivity contribution >= 4 is 33.9 Å². The first-order chi connectivity index (χ1) is 9.65. The van der Waals surface area contributed by atoms with Gasteiger partial charge in [-0.2, -0.15) is 0 Å². The maximum atomic E-state index is 13.7. The first-order valence-corrected chi connectivity index (χ1v) is 6.29. The lowest BCUT2D eigenvalue weighted by molar-refractivity contribution is 0.590. The second-order valence-electron chi connectivity index (χ2n) is 4.24. The molecule has 0 fully saturated rings. The number of benzene rings is 2.